The Labute approximate surface area is 142 Å². The molecule has 6 heteroatoms. The molecule has 0 radical (unpaired) electrons. The fourth-order valence-corrected chi connectivity index (χ4v) is 2.11. The molecule has 2 aromatic rings. The first-order valence-electron chi connectivity index (χ1n) is 8.18. The smallest absolute Gasteiger partial charge is 0.224 e. The Hall–Kier alpha value is -2.76. The predicted molar refractivity (Wildman–Crippen MR) is 91.1 cm³/mol. The largest absolute Gasteiger partial charge is 0.326 e. The summed E-state index contributed by atoms with van der Waals surface area (Å²) in [4.78, 5) is 22.7. The summed E-state index contributed by atoms with van der Waals surface area (Å²) in [7, 11) is 0. The van der Waals surface area contributed by atoms with Crippen LogP contribution >= 0.6 is 0 Å². The second kappa shape index (κ2) is 8.76. The van der Waals surface area contributed by atoms with Gasteiger partial charge in [0.25, 0.3) is 0 Å². The van der Waals surface area contributed by atoms with Gasteiger partial charge in [-0.15, -0.1) is 0 Å². The van der Waals surface area contributed by atoms with E-state index in [1.54, 1.807) is 0 Å². The molecule has 0 atom stereocenters. The van der Waals surface area contributed by atoms with Gasteiger partial charge in [0.15, 0.2) is 24.8 Å². The van der Waals surface area contributed by atoms with Crippen LogP contribution in [-0.2, 0) is 22.7 Å². The highest BCUT2D eigenvalue weighted by molar-refractivity contribution is 5.90. The van der Waals surface area contributed by atoms with Gasteiger partial charge in [-0.2, -0.15) is 9.13 Å². The Kier molecular flexibility index (Phi) is 6.42. The third-order valence-electron chi connectivity index (χ3n) is 3.61. The van der Waals surface area contributed by atoms with Crippen LogP contribution in [0, 0.1) is 0 Å². The van der Waals surface area contributed by atoms with Crippen LogP contribution < -0.4 is 19.8 Å². The van der Waals surface area contributed by atoms with Gasteiger partial charge in [0.05, 0.1) is 11.4 Å². The summed E-state index contributed by atoms with van der Waals surface area (Å²) in [6.07, 6.45) is 8.73. The highest BCUT2D eigenvalue weighted by atomic mass is 16.2. The maximum Gasteiger partial charge on any atom is 0.224 e. The van der Waals surface area contributed by atoms with E-state index >= 15 is 0 Å². The number of nitrogens with zero attached hydrogens (tertiary/aromatic N) is 2. The van der Waals surface area contributed by atoms with E-state index in [9.17, 15) is 9.59 Å². The Morgan fingerprint density at radius 3 is 1.38 bits per heavy atom. The molecule has 0 unspecified atom stereocenters. The van der Waals surface area contributed by atoms with Crippen molar-refractivity contribution in [3.63, 3.8) is 0 Å². The van der Waals surface area contributed by atoms with E-state index in [1.165, 1.54) is 0 Å². The van der Waals surface area contributed by atoms with Crippen LogP contribution in [0.3, 0.4) is 0 Å². The fourth-order valence-electron chi connectivity index (χ4n) is 2.11. The monoisotopic (exact) mass is 328 g/mol. The second-order valence-electron chi connectivity index (χ2n) is 5.45. The number of hydrogen-bond acceptors (Lipinski definition) is 2. The van der Waals surface area contributed by atoms with E-state index in [4.69, 9.17) is 0 Å². The second-order valence-corrected chi connectivity index (χ2v) is 5.45. The molecule has 0 aromatic carbocycles. The summed E-state index contributed by atoms with van der Waals surface area (Å²) in [6, 6.07) is 7.56. The summed E-state index contributed by atoms with van der Waals surface area (Å²) >= 11 is 0. The normalized spacial score (nSPS) is 10.2. The Morgan fingerprint density at radius 2 is 1.08 bits per heavy atom. The number of aromatic nitrogens is 2. The molecule has 2 heterocycles. The molecule has 0 fully saturated rings. The molecule has 0 saturated carbocycles. The van der Waals surface area contributed by atoms with E-state index in [1.807, 2.05) is 62.9 Å². The van der Waals surface area contributed by atoms with Crippen LogP contribution in [0.5, 0.6) is 0 Å². The maximum atomic E-state index is 11.3. The van der Waals surface area contributed by atoms with Gasteiger partial charge in [0.1, 0.15) is 0 Å². The van der Waals surface area contributed by atoms with Gasteiger partial charge in [-0.1, -0.05) is 13.8 Å². The first-order valence-corrected chi connectivity index (χ1v) is 8.18. The van der Waals surface area contributed by atoms with Crippen LogP contribution in [-0.4, -0.2) is 11.8 Å². The average Bonchev–Trinajstić information content (AvgIpc) is 2.62. The van der Waals surface area contributed by atoms with Gasteiger partial charge in [-0.25, -0.2) is 0 Å². The molecule has 0 aliphatic heterocycles. The molecular formula is C18H24N4O2+2. The number of amides is 2. The summed E-state index contributed by atoms with van der Waals surface area (Å²) in [5, 5.41) is 5.65. The minimum Gasteiger partial charge on any atom is -0.326 e. The van der Waals surface area contributed by atoms with Crippen LogP contribution in [0.2, 0.25) is 0 Å². The number of carbonyl (C=O) groups excluding carboxylic acids is 2. The number of anilines is 2. The molecule has 0 bridgehead atoms. The van der Waals surface area contributed by atoms with Crippen molar-refractivity contribution in [3.8, 4) is 0 Å². The first kappa shape index (κ1) is 17.6. The van der Waals surface area contributed by atoms with Crippen molar-refractivity contribution in [1.29, 1.82) is 0 Å². The molecule has 0 spiro atoms. The zero-order valence-corrected chi connectivity index (χ0v) is 14.2. The number of aryl methyl sites for hydroxylation is 2. The molecule has 126 valence electrons. The molecule has 24 heavy (non-hydrogen) atoms. The lowest BCUT2D eigenvalue weighted by Crippen LogP contribution is -2.43. The Bertz CT molecular complexity index is 620. The lowest BCUT2D eigenvalue weighted by Gasteiger charge is -2.03. The van der Waals surface area contributed by atoms with Crippen molar-refractivity contribution < 1.29 is 18.7 Å². The number of nitrogens with one attached hydrogen (secondary N) is 2. The van der Waals surface area contributed by atoms with Crippen LogP contribution in [0.4, 0.5) is 11.4 Å². The number of rotatable bonds is 7. The topological polar surface area (TPSA) is 66.0 Å². The zero-order chi connectivity index (χ0) is 17.4. The Balaban J connectivity index is 1.86. The minimum atomic E-state index is 0.0126. The summed E-state index contributed by atoms with van der Waals surface area (Å²) in [5.41, 5.74) is 1.61. The summed E-state index contributed by atoms with van der Waals surface area (Å²) < 4.78 is 4.11. The molecule has 0 aliphatic carbocycles. The van der Waals surface area contributed by atoms with Gasteiger partial charge in [-0.05, 0) is 0 Å². The molecule has 2 N–H and O–H groups in total. The van der Waals surface area contributed by atoms with E-state index < -0.39 is 0 Å². The Morgan fingerprint density at radius 1 is 0.750 bits per heavy atom. The summed E-state index contributed by atoms with van der Waals surface area (Å²) in [5.74, 6) is 0.0251. The molecule has 0 aliphatic rings. The van der Waals surface area contributed by atoms with Gasteiger partial charge >= 0.3 is 0 Å². The molecule has 0 saturated heterocycles. The lowest BCUT2D eigenvalue weighted by atomic mass is 10.3. The van der Waals surface area contributed by atoms with Gasteiger partial charge in [-0.3, -0.25) is 9.59 Å². The van der Waals surface area contributed by atoms with Crippen molar-refractivity contribution in [2.75, 3.05) is 10.6 Å². The third kappa shape index (κ3) is 5.46. The van der Waals surface area contributed by atoms with E-state index in [0.29, 0.717) is 12.8 Å². The van der Waals surface area contributed by atoms with Crippen molar-refractivity contribution in [2.24, 2.45) is 0 Å². The van der Waals surface area contributed by atoms with E-state index in [-0.39, 0.29) is 11.8 Å². The van der Waals surface area contributed by atoms with Gasteiger partial charge in [0, 0.05) is 37.1 Å². The summed E-state index contributed by atoms with van der Waals surface area (Å²) in [6.45, 7) is 5.28. The number of pyridine rings is 2. The van der Waals surface area contributed by atoms with E-state index in [2.05, 4.69) is 19.8 Å². The van der Waals surface area contributed by atoms with Crippen molar-refractivity contribution in [3.05, 3.63) is 49.1 Å². The minimum absolute atomic E-state index is 0.0126. The molecule has 2 aromatic heterocycles. The van der Waals surface area contributed by atoms with E-state index in [0.717, 1.165) is 24.5 Å². The predicted octanol–water partition coefficient (Wildman–Crippen LogP) is 1.66. The average molecular weight is 328 g/mol. The standard InChI is InChI=1S/C18H22N4O2/c1-3-17(23)19-15-5-9-21(10-6-15)13-14-22-11-7-16(8-12-22)20-18(24)4-2/h5-12H,3-4,13-14H2,1-2H3/p+2. The SMILES string of the molecule is CCC(=O)Nc1cc[n+](CC[n+]2ccc(NC(=O)CC)cc2)cc1. The maximum absolute atomic E-state index is 11.3. The van der Waals surface area contributed by atoms with Gasteiger partial charge in [0.2, 0.25) is 24.9 Å². The van der Waals surface area contributed by atoms with Gasteiger partial charge < -0.3 is 10.6 Å². The van der Waals surface area contributed by atoms with Crippen LogP contribution in [0.15, 0.2) is 49.1 Å². The highest BCUT2D eigenvalue weighted by Gasteiger charge is 2.08. The highest BCUT2D eigenvalue weighted by Crippen LogP contribution is 2.04. The molecule has 2 rings (SSSR count). The van der Waals surface area contributed by atoms with Crippen molar-refractivity contribution in [1.82, 2.24) is 0 Å². The molecule has 2 amide bonds. The lowest BCUT2D eigenvalue weighted by molar-refractivity contribution is -0.778. The number of hydrogen-bond donors (Lipinski definition) is 2. The van der Waals surface area contributed by atoms with Crippen LogP contribution in [0.1, 0.15) is 26.7 Å². The first-order chi connectivity index (χ1) is 11.6. The zero-order valence-electron chi connectivity index (χ0n) is 14.2. The number of carbonyl (C=O) groups is 2. The van der Waals surface area contributed by atoms with Crippen LogP contribution in [0.25, 0.3) is 0 Å². The molecule has 6 nitrogen and oxygen atoms in total. The molecular weight excluding hydrogens is 304 g/mol. The van der Waals surface area contributed by atoms with Crippen molar-refractivity contribution >= 4 is 23.2 Å². The third-order valence-corrected chi connectivity index (χ3v) is 3.61. The quantitative estimate of drug-likeness (QED) is 0.759. The van der Waals surface area contributed by atoms with Crippen molar-refractivity contribution in [2.45, 2.75) is 39.8 Å². The fraction of sp³-hybridized carbons (Fsp3) is 0.333.